The molecule has 0 radical (unpaired) electrons. The van der Waals surface area contributed by atoms with Gasteiger partial charge in [-0.15, -0.1) is 0 Å². The zero-order valence-electron chi connectivity index (χ0n) is 34.8. The van der Waals surface area contributed by atoms with Crippen LogP contribution in [0.25, 0.3) is 76.9 Å². The van der Waals surface area contributed by atoms with Crippen molar-refractivity contribution in [2.24, 2.45) is 5.73 Å². The number of rotatable bonds is 3. The predicted molar refractivity (Wildman–Crippen MR) is 257 cm³/mol. The molecule has 0 bridgehead atoms. The summed E-state index contributed by atoms with van der Waals surface area (Å²) in [7, 11) is 0. The van der Waals surface area contributed by atoms with E-state index in [2.05, 4.69) is 204 Å². The first-order chi connectivity index (χ1) is 29.3. The van der Waals surface area contributed by atoms with E-state index in [1.165, 1.54) is 71.6 Å². The van der Waals surface area contributed by atoms with Gasteiger partial charge in [-0.1, -0.05) is 183 Å². The topological polar surface area (TPSA) is 63.0 Å². The molecule has 1 aliphatic carbocycles. The summed E-state index contributed by atoms with van der Waals surface area (Å²) >= 11 is 0. The minimum atomic E-state index is 0.150. The minimum absolute atomic E-state index is 0.150. The van der Waals surface area contributed by atoms with E-state index in [4.69, 9.17) is 15.6 Å². The van der Waals surface area contributed by atoms with E-state index < -0.39 is 0 Å². The van der Waals surface area contributed by atoms with Gasteiger partial charge in [-0.05, 0) is 122 Å². The molecule has 0 amide bonds. The van der Waals surface area contributed by atoms with Crippen LogP contribution in [0.15, 0.2) is 192 Å². The number of fused-ring (bicyclic) bond motifs is 9. The summed E-state index contributed by atoms with van der Waals surface area (Å²) in [6.45, 7) is 12.0. The zero-order chi connectivity index (χ0) is 41.8. The largest absolute Gasteiger partial charge is 0.456 e. The fourth-order valence-corrected chi connectivity index (χ4v) is 9.00. The smallest absolute Gasteiger partial charge is 0.136 e. The van der Waals surface area contributed by atoms with E-state index in [1.54, 1.807) is 0 Å². The molecule has 10 aromatic rings. The van der Waals surface area contributed by atoms with Crippen molar-refractivity contribution >= 4 is 50.2 Å². The van der Waals surface area contributed by atoms with Gasteiger partial charge in [0.25, 0.3) is 0 Å². The highest BCUT2D eigenvalue weighted by Crippen LogP contribution is 2.49. The lowest BCUT2D eigenvalue weighted by atomic mass is 9.80. The van der Waals surface area contributed by atoms with Crippen molar-refractivity contribution in [2.45, 2.75) is 39.7 Å². The van der Waals surface area contributed by atoms with Crippen LogP contribution < -0.4 is 5.73 Å². The molecule has 1 aliphatic rings. The molecule has 3 nitrogen and oxygen atoms in total. The normalized spacial score (nSPS) is 12.1. The lowest BCUT2D eigenvalue weighted by Gasteiger charge is -2.23. The van der Waals surface area contributed by atoms with Crippen LogP contribution in [0.5, 0.6) is 0 Å². The van der Waals surface area contributed by atoms with Gasteiger partial charge in [-0.3, -0.25) is 0 Å². The quantitative estimate of drug-likeness (QED) is 0.139. The molecule has 1 heterocycles. The molecule has 294 valence electrons. The third-order valence-electron chi connectivity index (χ3n) is 11.8. The third kappa shape index (κ3) is 7.41. The van der Waals surface area contributed by atoms with Crippen LogP contribution >= 0.6 is 0 Å². The van der Waals surface area contributed by atoms with Crippen molar-refractivity contribution in [1.82, 2.24) is 0 Å². The summed E-state index contributed by atoms with van der Waals surface area (Å²) < 4.78 is 6.29. The molecule has 0 spiro atoms. The summed E-state index contributed by atoms with van der Waals surface area (Å²) in [5.74, 6) is 0. The van der Waals surface area contributed by atoms with E-state index in [-0.39, 0.29) is 5.41 Å². The highest BCUT2D eigenvalue weighted by Gasteiger charge is 2.35. The maximum Gasteiger partial charge on any atom is 0.136 e. The van der Waals surface area contributed by atoms with Gasteiger partial charge in [0.15, 0.2) is 0 Å². The predicted octanol–water partition coefficient (Wildman–Crippen LogP) is 15.2. The maximum atomic E-state index is 6.29. The molecule has 9 aromatic carbocycles. The Morgan fingerprint density at radius 3 is 1.85 bits per heavy atom. The van der Waals surface area contributed by atoms with Gasteiger partial charge in [-0.25, -0.2) is 0 Å². The van der Waals surface area contributed by atoms with Gasteiger partial charge in [0.2, 0.25) is 0 Å². The third-order valence-corrected chi connectivity index (χ3v) is 11.8. The fourth-order valence-electron chi connectivity index (χ4n) is 9.00. The summed E-state index contributed by atoms with van der Waals surface area (Å²) in [4.78, 5) is 0. The number of furan rings is 1. The highest BCUT2D eigenvalue weighted by atomic mass is 16.3. The molecule has 3 N–H and O–H groups in total. The summed E-state index contributed by atoms with van der Waals surface area (Å²) in [5, 5.41) is 12.8. The Morgan fingerprint density at radius 1 is 0.500 bits per heavy atom. The summed E-state index contributed by atoms with van der Waals surface area (Å²) in [6.07, 6.45) is 0. The molecular weight excluding hydrogens is 729 g/mol. The number of hydrogen-bond acceptors (Lipinski definition) is 3. The van der Waals surface area contributed by atoms with Gasteiger partial charge in [-0.2, -0.15) is 0 Å². The van der Waals surface area contributed by atoms with Crippen molar-refractivity contribution in [3.05, 3.63) is 216 Å². The number of nitrogens with one attached hydrogen (secondary N) is 1. The molecule has 3 heteroatoms. The van der Waals surface area contributed by atoms with Gasteiger partial charge < -0.3 is 15.6 Å². The molecule has 0 aliphatic heterocycles. The van der Waals surface area contributed by atoms with E-state index in [9.17, 15) is 0 Å². The lowest BCUT2D eigenvalue weighted by molar-refractivity contribution is 0.655. The Labute approximate surface area is 353 Å². The van der Waals surface area contributed by atoms with Crippen molar-refractivity contribution in [1.29, 1.82) is 5.41 Å². The van der Waals surface area contributed by atoms with Crippen LogP contribution in [-0.2, 0) is 12.0 Å². The van der Waals surface area contributed by atoms with E-state index in [0.29, 0.717) is 6.54 Å². The van der Waals surface area contributed by atoms with Crippen molar-refractivity contribution in [2.75, 3.05) is 0 Å². The number of hydrogen-bond donors (Lipinski definition) is 2. The zero-order valence-corrected chi connectivity index (χ0v) is 34.8. The Balaban J connectivity index is 0.000000164. The standard InChI is InChI=1S/C33H23NO.C16H16.C7H8.CH3N/c34-20-21-12-14-22(15-13-21)26-10-5-11-32-33(26)30-19-24(16-17-31(30)35-32)29-18-23-6-1-2-7-25(23)27-8-3-4-9-28(27)29;1-11-7-6-9-13-12-8-4-5-10-14(12)16(2,3)15(11)13;1-7-5-3-2-4-6-7;1-2/h1-19H,20,34H2;4-10H,1-3H3;2-6H,1H3;2H,1H2. The van der Waals surface area contributed by atoms with Crippen molar-refractivity contribution < 1.29 is 4.42 Å². The average Bonchev–Trinajstić information content (AvgIpc) is 3.79. The van der Waals surface area contributed by atoms with Crippen molar-refractivity contribution in [3.8, 4) is 33.4 Å². The SMILES string of the molecule is C=N.Cc1cccc2c1C(C)(C)c1ccccc1-2.Cc1ccccc1.NCc1ccc(-c2cccc3oc4ccc(-c5cc6ccccc6c6ccccc56)cc4c23)cc1. The second-order valence-corrected chi connectivity index (χ2v) is 15.9. The van der Waals surface area contributed by atoms with Crippen LogP contribution in [0, 0.1) is 19.3 Å². The Kier molecular flexibility index (Phi) is 11.3. The van der Waals surface area contributed by atoms with Gasteiger partial charge in [0, 0.05) is 22.7 Å². The molecule has 0 atom stereocenters. The molecule has 1 aromatic heterocycles. The maximum absolute atomic E-state index is 6.29. The summed E-state index contributed by atoms with van der Waals surface area (Å²) in [5.41, 5.74) is 22.2. The van der Waals surface area contributed by atoms with E-state index in [1.807, 2.05) is 18.2 Å². The first-order valence-electron chi connectivity index (χ1n) is 20.5. The Morgan fingerprint density at radius 2 is 1.12 bits per heavy atom. The van der Waals surface area contributed by atoms with Crippen LogP contribution in [0.4, 0.5) is 0 Å². The van der Waals surface area contributed by atoms with Crippen LogP contribution in [0.2, 0.25) is 0 Å². The molecule has 0 unspecified atom stereocenters. The first-order valence-corrected chi connectivity index (χ1v) is 20.5. The number of aryl methyl sites for hydroxylation is 2. The second kappa shape index (κ2) is 17.0. The first kappa shape index (κ1) is 39.7. The van der Waals surface area contributed by atoms with Crippen LogP contribution in [0.3, 0.4) is 0 Å². The Bertz CT molecular complexity index is 3100. The second-order valence-electron chi connectivity index (χ2n) is 15.9. The van der Waals surface area contributed by atoms with Gasteiger partial charge >= 0.3 is 0 Å². The van der Waals surface area contributed by atoms with Crippen LogP contribution in [-0.4, -0.2) is 6.72 Å². The highest BCUT2D eigenvalue weighted by molar-refractivity contribution is 6.16. The molecule has 11 rings (SSSR count). The number of benzene rings is 9. The molecule has 60 heavy (non-hydrogen) atoms. The Hall–Kier alpha value is -7.07. The molecule has 0 saturated carbocycles. The lowest BCUT2D eigenvalue weighted by Crippen LogP contribution is -2.16. The van der Waals surface area contributed by atoms with Crippen molar-refractivity contribution in [3.63, 3.8) is 0 Å². The minimum Gasteiger partial charge on any atom is -0.456 e. The van der Waals surface area contributed by atoms with E-state index in [0.717, 1.165) is 33.1 Å². The molecule has 0 fully saturated rings. The monoisotopic (exact) mass is 778 g/mol. The molecular formula is C57H50N2O. The van der Waals surface area contributed by atoms with E-state index >= 15 is 0 Å². The fraction of sp³-hybridized carbons (Fsp3) is 0.105. The van der Waals surface area contributed by atoms with Gasteiger partial charge in [0.05, 0.1) is 0 Å². The van der Waals surface area contributed by atoms with Gasteiger partial charge in [0.1, 0.15) is 11.2 Å². The summed E-state index contributed by atoms with van der Waals surface area (Å²) in [6, 6.07) is 66.6. The molecule has 0 saturated heterocycles. The average molecular weight is 779 g/mol. The van der Waals surface area contributed by atoms with Crippen LogP contribution in [0.1, 0.15) is 41.7 Å². The number of nitrogens with two attached hydrogens (primary N) is 1.